The second-order valence-corrected chi connectivity index (χ2v) is 4.07. The first-order chi connectivity index (χ1) is 6.86. The van der Waals surface area contributed by atoms with E-state index in [9.17, 15) is 0 Å². The number of nitrogens with zero attached hydrogens (tertiary/aromatic N) is 2. The summed E-state index contributed by atoms with van der Waals surface area (Å²) in [6.07, 6.45) is 8.43. The Hall–Kier alpha value is -0.500. The zero-order valence-corrected chi connectivity index (χ0v) is 9.71. The first-order valence-corrected chi connectivity index (χ1v) is 5.96. The molecule has 0 spiro atoms. The molecule has 1 saturated heterocycles. The van der Waals surface area contributed by atoms with Crippen LogP contribution in [-0.2, 0) is 0 Å². The Morgan fingerprint density at radius 1 is 1.07 bits per heavy atom. The van der Waals surface area contributed by atoms with Crippen LogP contribution in [0, 0.1) is 0 Å². The third-order valence-electron chi connectivity index (χ3n) is 2.84. The van der Waals surface area contributed by atoms with E-state index in [1.165, 1.54) is 52.0 Å². The molecule has 14 heavy (non-hydrogen) atoms. The summed E-state index contributed by atoms with van der Waals surface area (Å²) < 4.78 is 0. The molecule has 0 N–H and O–H groups in total. The summed E-state index contributed by atoms with van der Waals surface area (Å²) in [6, 6.07) is 0. The van der Waals surface area contributed by atoms with Gasteiger partial charge in [0.2, 0.25) is 0 Å². The van der Waals surface area contributed by atoms with Gasteiger partial charge in [-0.3, -0.25) is 4.90 Å². The highest BCUT2D eigenvalue weighted by atomic mass is 15.2. The van der Waals surface area contributed by atoms with E-state index < -0.39 is 0 Å². The zero-order chi connectivity index (χ0) is 10.2. The van der Waals surface area contributed by atoms with Gasteiger partial charge in [-0.1, -0.05) is 25.8 Å². The van der Waals surface area contributed by atoms with Crippen LogP contribution < -0.4 is 0 Å². The normalized spacial score (nSPS) is 19.4. The molecular weight excluding hydrogens is 172 g/mol. The van der Waals surface area contributed by atoms with Gasteiger partial charge in [0.05, 0.1) is 0 Å². The summed E-state index contributed by atoms with van der Waals surface area (Å²) in [7, 11) is 0. The van der Waals surface area contributed by atoms with Crippen LogP contribution in [0.3, 0.4) is 0 Å². The Morgan fingerprint density at radius 3 is 2.36 bits per heavy atom. The third kappa shape index (κ3) is 4.14. The van der Waals surface area contributed by atoms with Crippen molar-refractivity contribution in [3.05, 3.63) is 12.3 Å². The maximum absolute atomic E-state index is 2.59. The van der Waals surface area contributed by atoms with Gasteiger partial charge in [-0.2, -0.15) is 0 Å². The first kappa shape index (κ1) is 11.6. The predicted octanol–water partition coefficient (Wildman–Crippen LogP) is 2.33. The largest absolute Gasteiger partial charge is 0.375 e. The molecule has 1 heterocycles. The SMILES string of the molecule is CC=CN1CCN(CCCCC)CC1. The number of unbranched alkanes of at least 4 members (excludes halogenated alkanes) is 2. The number of hydrogen-bond donors (Lipinski definition) is 0. The van der Waals surface area contributed by atoms with Crippen LogP contribution in [0.25, 0.3) is 0 Å². The summed E-state index contributed by atoms with van der Waals surface area (Å²) in [4.78, 5) is 5.01. The van der Waals surface area contributed by atoms with E-state index in [1.807, 2.05) is 0 Å². The van der Waals surface area contributed by atoms with Crippen molar-refractivity contribution in [2.24, 2.45) is 0 Å². The lowest BCUT2D eigenvalue weighted by molar-refractivity contribution is 0.166. The Bertz CT molecular complexity index is 158. The fraction of sp³-hybridized carbons (Fsp3) is 0.833. The van der Waals surface area contributed by atoms with Crippen LogP contribution in [0.2, 0.25) is 0 Å². The monoisotopic (exact) mass is 196 g/mol. The van der Waals surface area contributed by atoms with Gasteiger partial charge in [0, 0.05) is 26.2 Å². The van der Waals surface area contributed by atoms with Crippen LogP contribution in [0.15, 0.2) is 12.3 Å². The van der Waals surface area contributed by atoms with E-state index in [0.29, 0.717) is 0 Å². The number of allylic oxidation sites excluding steroid dienone is 1. The third-order valence-corrected chi connectivity index (χ3v) is 2.84. The summed E-state index contributed by atoms with van der Waals surface area (Å²) in [5.74, 6) is 0. The molecule has 1 aliphatic heterocycles. The molecule has 2 nitrogen and oxygen atoms in total. The first-order valence-electron chi connectivity index (χ1n) is 5.96. The minimum absolute atomic E-state index is 1.20. The second-order valence-electron chi connectivity index (χ2n) is 4.07. The molecule has 0 aromatic rings. The van der Waals surface area contributed by atoms with Crippen molar-refractivity contribution in [1.82, 2.24) is 9.80 Å². The molecule has 1 fully saturated rings. The Kier molecular flexibility index (Phi) is 5.69. The van der Waals surface area contributed by atoms with E-state index in [4.69, 9.17) is 0 Å². The molecule has 0 aromatic carbocycles. The molecule has 0 aromatic heterocycles. The molecule has 0 aliphatic carbocycles. The lowest BCUT2D eigenvalue weighted by atomic mass is 10.2. The molecule has 2 heteroatoms. The maximum Gasteiger partial charge on any atom is 0.0300 e. The van der Waals surface area contributed by atoms with Gasteiger partial charge in [0.15, 0.2) is 0 Å². The number of hydrogen-bond acceptors (Lipinski definition) is 2. The van der Waals surface area contributed by atoms with Gasteiger partial charge in [0.25, 0.3) is 0 Å². The van der Waals surface area contributed by atoms with Gasteiger partial charge in [-0.15, -0.1) is 0 Å². The van der Waals surface area contributed by atoms with Crippen molar-refractivity contribution in [2.45, 2.75) is 33.1 Å². The van der Waals surface area contributed by atoms with E-state index >= 15 is 0 Å². The average Bonchev–Trinajstić information content (AvgIpc) is 2.21. The zero-order valence-electron chi connectivity index (χ0n) is 9.71. The van der Waals surface area contributed by atoms with Crippen molar-refractivity contribution in [2.75, 3.05) is 32.7 Å². The minimum atomic E-state index is 1.20. The highest BCUT2D eigenvalue weighted by Crippen LogP contribution is 2.04. The molecule has 0 radical (unpaired) electrons. The van der Waals surface area contributed by atoms with E-state index in [2.05, 4.69) is 35.9 Å². The van der Waals surface area contributed by atoms with Gasteiger partial charge in [0.1, 0.15) is 0 Å². The molecule has 0 saturated carbocycles. The summed E-state index contributed by atoms with van der Waals surface area (Å²) in [5.41, 5.74) is 0. The number of rotatable bonds is 5. The van der Waals surface area contributed by atoms with Crippen molar-refractivity contribution < 1.29 is 0 Å². The molecule has 1 aliphatic rings. The topological polar surface area (TPSA) is 6.48 Å². The smallest absolute Gasteiger partial charge is 0.0300 e. The van der Waals surface area contributed by atoms with E-state index in [1.54, 1.807) is 0 Å². The fourth-order valence-corrected chi connectivity index (χ4v) is 1.93. The van der Waals surface area contributed by atoms with Gasteiger partial charge in [-0.05, 0) is 26.1 Å². The quantitative estimate of drug-likeness (QED) is 0.623. The molecule has 82 valence electrons. The summed E-state index contributed by atoms with van der Waals surface area (Å²) in [5, 5.41) is 0. The highest BCUT2D eigenvalue weighted by molar-refractivity contribution is 4.83. The molecule has 0 bridgehead atoms. The average molecular weight is 196 g/mol. The maximum atomic E-state index is 2.59. The lowest BCUT2D eigenvalue weighted by Gasteiger charge is -2.34. The fourth-order valence-electron chi connectivity index (χ4n) is 1.93. The van der Waals surface area contributed by atoms with Crippen molar-refractivity contribution in [3.8, 4) is 0 Å². The van der Waals surface area contributed by atoms with Crippen LogP contribution in [0.4, 0.5) is 0 Å². The standard InChI is InChI=1S/C12H24N2/c1-3-5-6-8-14-11-9-13(7-4-2)10-12-14/h4,7H,3,5-6,8-12H2,1-2H3. The van der Waals surface area contributed by atoms with Crippen LogP contribution >= 0.6 is 0 Å². The molecule has 0 unspecified atom stereocenters. The molecule has 1 rings (SSSR count). The molecule has 0 atom stereocenters. The van der Waals surface area contributed by atoms with E-state index in [-0.39, 0.29) is 0 Å². The Morgan fingerprint density at radius 2 is 1.79 bits per heavy atom. The Balaban J connectivity index is 2.09. The van der Waals surface area contributed by atoms with Crippen molar-refractivity contribution in [1.29, 1.82) is 0 Å². The minimum Gasteiger partial charge on any atom is -0.375 e. The summed E-state index contributed by atoms with van der Waals surface area (Å²) in [6.45, 7) is 10.6. The van der Waals surface area contributed by atoms with Crippen LogP contribution in [-0.4, -0.2) is 42.5 Å². The Labute approximate surface area is 88.6 Å². The van der Waals surface area contributed by atoms with Crippen LogP contribution in [0.5, 0.6) is 0 Å². The van der Waals surface area contributed by atoms with Gasteiger partial charge >= 0.3 is 0 Å². The summed E-state index contributed by atoms with van der Waals surface area (Å²) >= 11 is 0. The highest BCUT2D eigenvalue weighted by Gasteiger charge is 2.12. The number of piperazine rings is 1. The predicted molar refractivity (Wildman–Crippen MR) is 62.4 cm³/mol. The second kappa shape index (κ2) is 6.88. The lowest BCUT2D eigenvalue weighted by Crippen LogP contribution is -2.44. The van der Waals surface area contributed by atoms with E-state index in [0.717, 1.165) is 0 Å². The van der Waals surface area contributed by atoms with Gasteiger partial charge in [-0.25, -0.2) is 0 Å². The van der Waals surface area contributed by atoms with Gasteiger partial charge < -0.3 is 4.90 Å². The van der Waals surface area contributed by atoms with Crippen molar-refractivity contribution in [3.63, 3.8) is 0 Å². The molecular formula is C12H24N2. The van der Waals surface area contributed by atoms with Crippen molar-refractivity contribution >= 4 is 0 Å². The van der Waals surface area contributed by atoms with Crippen LogP contribution in [0.1, 0.15) is 33.1 Å². The molecule has 0 amide bonds.